The summed E-state index contributed by atoms with van der Waals surface area (Å²) in [6, 6.07) is 6.18. The molecule has 2 aromatic rings. The molecular formula is C11H13NO5S3. The highest BCUT2D eigenvalue weighted by molar-refractivity contribution is 7.93. The fraction of sp³-hybridized carbons (Fsp3) is 0.273. The molecule has 0 radical (unpaired) electrons. The van der Waals surface area contributed by atoms with Crippen molar-refractivity contribution in [2.24, 2.45) is 0 Å². The summed E-state index contributed by atoms with van der Waals surface area (Å²) in [5, 5.41) is 0.557. The zero-order valence-electron chi connectivity index (χ0n) is 10.5. The average molecular weight is 335 g/mol. The van der Waals surface area contributed by atoms with Crippen molar-refractivity contribution in [2.75, 3.05) is 12.8 Å². The van der Waals surface area contributed by atoms with Crippen molar-refractivity contribution < 1.29 is 21.3 Å². The van der Waals surface area contributed by atoms with Gasteiger partial charge < -0.3 is 4.42 Å². The molecule has 2 heterocycles. The maximum absolute atomic E-state index is 12.5. The second-order valence-electron chi connectivity index (χ2n) is 4.10. The van der Waals surface area contributed by atoms with Gasteiger partial charge in [-0.15, -0.1) is 11.3 Å². The van der Waals surface area contributed by atoms with E-state index in [-0.39, 0.29) is 16.5 Å². The van der Waals surface area contributed by atoms with Crippen LogP contribution in [-0.2, 0) is 19.9 Å². The third-order valence-corrected chi connectivity index (χ3v) is 6.72. The van der Waals surface area contributed by atoms with E-state index in [4.69, 9.17) is 4.42 Å². The first-order chi connectivity index (χ1) is 9.31. The van der Waals surface area contributed by atoms with Gasteiger partial charge in [0, 0.05) is 6.54 Å². The number of furan rings is 1. The summed E-state index contributed by atoms with van der Waals surface area (Å²) in [5.74, 6) is 0.203. The van der Waals surface area contributed by atoms with Crippen molar-refractivity contribution in [2.45, 2.75) is 9.46 Å². The lowest BCUT2D eigenvalue weighted by Gasteiger charge is -2.14. The van der Waals surface area contributed by atoms with Gasteiger partial charge in [-0.25, -0.2) is 21.6 Å². The summed E-state index contributed by atoms with van der Waals surface area (Å²) in [7, 11) is -7.20. The van der Waals surface area contributed by atoms with Crippen LogP contribution in [0.5, 0.6) is 0 Å². The summed E-state index contributed by atoms with van der Waals surface area (Å²) >= 11 is 1.08. The number of sulfonamides is 1. The average Bonchev–Trinajstić information content (AvgIpc) is 3.00. The zero-order valence-corrected chi connectivity index (χ0v) is 13.0. The van der Waals surface area contributed by atoms with Gasteiger partial charge in [-0.2, -0.15) is 0 Å². The van der Waals surface area contributed by atoms with Crippen LogP contribution in [0.3, 0.4) is 0 Å². The summed E-state index contributed by atoms with van der Waals surface area (Å²) in [5.41, 5.74) is 0. The lowest BCUT2D eigenvalue weighted by Crippen LogP contribution is -2.30. The molecule has 0 spiro atoms. The van der Waals surface area contributed by atoms with Crippen LogP contribution in [0, 0.1) is 0 Å². The van der Waals surface area contributed by atoms with E-state index in [1.54, 1.807) is 17.5 Å². The monoisotopic (exact) mass is 335 g/mol. The van der Waals surface area contributed by atoms with Crippen molar-refractivity contribution in [1.29, 1.82) is 0 Å². The number of sulfone groups is 1. The number of nitrogens with one attached hydrogen (secondary N) is 1. The fourth-order valence-electron chi connectivity index (χ4n) is 1.63. The largest absolute Gasteiger partial charge is 0.468 e. The standard InChI is InChI=1S/C11H13NO5S3/c1-19(13,14)12-8-10(9-4-2-6-17-9)20(15,16)11-5-3-7-18-11/h2-7,10,12H,8H2,1H3/t10-/m0/s1. The van der Waals surface area contributed by atoms with Crippen LogP contribution in [0.4, 0.5) is 0 Å². The van der Waals surface area contributed by atoms with Crippen LogP contribution in [0.15, 0.2) is 44.5 Å². The Labute approximate surface area is 121 Å². The molecule has 0 unspecified atom stereocenters. The van der Waals surface area contributed by atoms with Gasteiger partial charge in [0.1, 0.15) is 15.2 Å². The highest BCUT2D eigenvalue weighted by Gasteiger charge is 2.32. The molecule has 0 saturated carbocycles. The maximum atomic E-state index is 12.5. The van der Waals surface area contributed by atoms with E-state index in [1.165, 1.54) is 18.4 Å². The SMILES string of the molecule is CS(=O)(=O)NC[C@@H](c1ccco1)S(=O)(=O)c1cccs1. The molecule has 1 N–H and O–H groups in total. The normalized spacial score (nSPS) is 14.2. The quantitative estimate of drug-likeness (QED) is 0.861. The molecule has 110 valence electrons. The summed E-state index contributed by atoms with van der Waals surface area (Å²) in [6.07, 6.45) is 2.33. The number of hydrogen-bond donors (Lipinski definition) is 1. The lowest BCUT2D eigenvalue weighted by atomic mass is 10.3. The van der Waals surface area contributed by atoms with Crippen LogP contribution in [0.1, 0.15) is 11.0 Å². The van der Waals surface area contributed by atoms with E-state index in [9.17, 15) is 16.8 Å². The Morgan fingerprint density at radius 2 is 2.00 bits per heavy atom. The van der Waals surface area contributed by atoms with Crippen LogP contribution < -0.4 is 4.72 Å². The smallest absolute Gasteiger partial charge is 0.208 e. The first-order valence-corrected chi connectivity index (χ1v) is 9.88. The minimum Gasteiger partial charge on any atom is -0.468 e. The van der Waals surface area contributed by atoms with Crippen molar-refractivity contribution in [3.8, 4) is 0 Å². The van der Waals surface area contributed by atoms with Gasteiger partial charge in [0.25, 0.3) is 0 Å². The van der Waals surface area contributed by atoms with Gasteiger partial charge in [-0.05, 0) is 23.6 Å². The molecule has 20 heavy (non-hydrogen) atoms. The van der Waals surface area contributed by atoms with Crippen molar-refractivity contribution >= 4 is 31.2 Å². The van der Waals surface area contributed by atoms with Gasteiger partial charge in [-0.1, -0.05) is 6.07 Å². The Balaban J connectivity index is 2.37. The van der Waals surface area contributed by atoms with Crippen LogP contribution >= 0.6 is 11.3 Å². The Bertz CT molecular complexity index is 745. The van der Waals surface area contributed by atoms with Crippen LogP contribution in [0.2, 0.25) is 0 Å². The number of hydrogen-bond acceptors (Lipinski definition) is 6. The predicted molar refractivity (Wildman–Crippen MR) is 75.8 cm³/mol. The molecule has 0 aliphatic heterocycles. The molecule has 0 aromatic carbocycles. The lowest BCUT2D eigenvalue weighted by molar-refractivity contribution is 0.487. The molecule has 2 aromatic heterocycles. The molecule has 0 amide bonds. The first kappa shape index (κ1) is 15.2. The zero-order chi connectivity index (χ0) is 14.8. The van der Waals surface area contributed by atoms with Gasteiger partial charge in [0.15, 0.2) is 9.84 Å². The molecule has 0 aliphatic carbocycles. The molecule has 0 bridgehead atoms. The van der Waals surface area contributed by atoms with E-state index in [0.717, 1.165) is 17.6 Å². The maximum Gasteiger partial charge on any atom is 0.208 e. The molecule has 6 nitrogen and oxygen atoms in total. The predicted octanol–water partition coefficient (Wildman–Crippen LogP) is 1.41. The Hall–Kier alpha value is -1.16. The molecule has 0 saturated heterocycles. The molecule has 2 rings (SSSR count). The second-order valence-corrected chi connectivity index (χ2v) is 9.24. The van der Waals surface area contributed by atoms with Gasteiger partial charge in [-0.3, -0.25) is 0 Å². The van der Waals surface area contributed by atoms with Crippen LogP contribution in [-0.4, -0.2) is 29.6 Å². The van der Waals surface area contributed by atoms with E-state index >= 15 is 0 Å². The van der Waals surface area contributed by atoms with Gasteiger partial charge >= 0.3 is 0 Å². The van der Waals surface area contributed by atoms with Crippen molar-refractivity contribution in [3.05, 3.63) is 41.7 Å². The first-order valence-electron chi connectivity index (χ1n) is 5.56. The van der Waals surface area contributed by atoms with E-state index in [2.05, 4.69) is 4.72 Å². The van der Waals surface area contributed by atoms with Gasteiger partial charge in [0.05, 0.1) is 12.5 Å². The van der Waals surface area contributed by atoms with Gasteiger partial charge in [0.2, 0.25) is 10.0 Å². The Kier molecular flexibility index (Phi) is 4.33. The van der Waals surface area contributed by atoms with Crippen molar-refractivity contribution in [3.63, 3.8) is 0 Å². The third-order valence-electron chi connectivity index (χ3n) is 2.54. The molecule has 0 fully saturated rings. The number of thiophene rings is 1. The molecule has 1 atom stereocenters. The van der Waals surface area contributed by atoms with E-state index in [1.807, 2.05) is 0 Å². The molecule has 9 heteroatoms. The van der Waals surface area contributed by atoms with Crippen molar-refractivity contribution in [1.82, 2.24) is 4.72 Å². The number of rotatable bonds is 6. The third kappa shape index (κ3) is 3.48. The summed E-state index contributed by atoms with van der Waals surface area (Å²) in [4.78, 5) is 0. The van der Waals surface area contributed by atoms with E-state index in [0.29, 0.717) is 0 Å². The summed E-state index contributed by atoms with van der Waals surface area (Å²) in [6.45, 7) is -0.271. The minimum atomic E-state index is -3.71. The Morgan fingerprint density at radius 1 is 1.25 bits per heavy atom. The topological polar surface area (TPSA) is 93.4 Å². The fourth-order valence-corrected chi connectivity index (χ4v) is 5.00. The molecular weight excluding hydrogens is 322 g/mol. The van der Waals surface area contributed by atoms with Crippen LogP contribution in [0.25, 0.3) is 0 Å². The summed E-state index contributed by atoms with van der Waals surface area (Å²) < 4.78 is 54.9. The highest BCUT2D eigenvalue weighted by Crippen LogP contribution is 2.31. The van der Waals surface area contributed by atoms with E-state index < -0.39 is 25.1 Å². The second kappa shape index (κ2) is 5.68. The molecule has 0 aliphatic rings. The Morgan fingerprint density at radius 3 is 2.50 bits per heavy atom. The highest BCUT2D eigenvalue weighted by atomic mass is 32.2. The minimum absolute atomic E-state index is 0.175.